The Labute approximate surface area is 140 Å². The molecule has 0 radical (unpaired) electrons. The van der Waals surface area contributed by atoms with Crippen molar-refractivity contribution in [1.29, 1.82) is 0 Å². The first-order valence-electron chi connectivity index (χ1n) is 7.65. The predicted octanol–water partition coefficient (Wildman–Crippen LogP) is 3.66. The van der Waals surface area contributed by atoms with Crippen LogP contribution in [0.1, 0.15) is 27.6 Å². The number of hydrogen-bond acceptors (Lipinski definition) is 4. The highest BCUT2D eigenvalue weighted by Crippen LogP contribution is 2.31. The van der Waals surface area contributed by atoms with E-state index in [0.717, 1.165) is 5.56 Å². The Kier molecular flexibility index (Phi) is 4.77. The monoisotopic (exact) mass is 322 g/mol. The van der Waals surface area contributed by atoms with Crippen molar-refractivity contribution in [2.24, 2.45) is 0 Å². The molecule has 0 bridgehead atoms. The van der Waals surface area contributed by atoms with Gasteiger partial charge in [0, 0.05) is 5.56 Å². The fourth-order valence-corrected chi connectivity index (χ4v) is 2.71. The number of ketones is 1. The van der Waals surface area contributed by atoms with Gasteiger partial charge in [0.2, 0.25) is 0 Å². The van der Waals surface area contributed by atoms with Gasteiger partial charge in [0.1, 0.15) is 17.6 Å². The molecule has 4 nitrogen and oxygen atoms in total. The van der Waals surface area contributed by atoms with Crippen LogP contribution in [0.15, 0.2) is 77.4 Å². The zero-order chi connectivity index (χ0) is 16.9. The fraction of sp³-hybridized carbons (Fsp3) is 0.150. The molecule has 0 aliphatic rings. The second-order valence-corrected chi connectivity index (χ2v) is 5.44. The molecule has 0 saturated heterocycles. The molecule has 1 aromatic heterocycles. The third-order valence-electron chi connectivity index (χ3n) is 3.97. The molecule has 24 heavy (non-hydrogen) atoms. The first kappa shape index (κ1) is 16.0. The zero-order valence-corrected chi connectivity index (χ0v) is 13.3. The van der Waals surface area contributed by atoms with E-state index in [1.54, 1.807) is 55.6 Å². The number of hydrogen-bond donors (Lipinski definition) is 1. The summed E-state index contributed by atoms with van der Waals surface area (Å²) in [7, 11) is 1.59. The Morgan fingerprint density at radius 3 is 2.29 bits per heavy atom. The largest absolute Gasteiger partial charge is 0.497 e. The van der Waals surface area contributed by atoms with E-state index in [9.17, 15) is 9.90 Å². The number of carbonyl (C=O) groups is 1. The van der Waals surface area contributed by atoms with E-state index < -0.39 is 12.0 Å². The highest BCUT2D eigenvalue weighted by Gasteiger charge is 2.31. The minimum absolute atomic E-state index is 0.340. The summed E-state index contributed by atoms with van der Waals surface area (Å²) in [6, 6.07) is 19.5. The summed E-state index contributed by atoms with van der Waals surface area (Å²) >= 11 is 0. The van der Waals surface area contributed by atoms with Gasteiger partial charge in [-0.25, -0.2) is 0 Å². The van der Waals surface area contributed by atoms with Crippen molar-refractivity contribution in [2.75, 3.05) is 7.11 Å². The third-order valence-corrected chi connectivity index (χ3v) is 3.97. The van der Waals surface area contributed by atoms with Crippen LogP contribution in [0.25, 0.3) is 0 Å². The van der Waals surface area contributed by atoms with Gasteiger partial charge in [-0.05, 0) is 29.8 Å². The van der Waals surface area contributed by atoms with Crippen LogP contribution in [0.3, 0.4) is 0 Å². The summed E-state index contributed by atoms with van der Waals surface area (Å²) in [5.41, 5.74) is 1.25. The van der Waals surface area contributed by atoms with Crippen molar-refractivity contribution in [1.82, 2.24) is 0 Å². The first-order valence-corrected chi connectivity index (χ1v) is 7.65. The van der Waals surface area contributed by atoms with Gasteiger partial charge in [0.05, 0.1) is 19.3 Å². The lowest BCUT2D eigenvalue weighted by Crippen LogP contribution is -2.28. The van der Waals surface area contributed by atoms with Crippen molar-refractivity contribution >= 4 is 5.78 Å². The summed E-state index contributed by atoms with van der Waals surface area (Å²) in [4.78, 5) is 12.7. The van der Waals surface area contributed by atoms with Gasteiger partial charge in [0.25, 0.3) is 0 Å². The Balaban J connectivity index is 1.97. The molecule has 4 heteroatoms. The zero-order valence-electron chi connectivity index (χ0n) is 13.3. The van der Waals surface area contributed by atoms with E-state index in [-0.39, 0.29) is 5.78 Å². The normalized spacial score (nSPS) is 13.2. The van der Waals surface area contributed by atoms with Crippen LogP contribution < -0.4 is 4.74 Å². The van der Waals surface area contributed by atoms with E-state index in [1.807, 2.05) is 18.2 Å². The minimum Gasteiger partial charge on any atom is -0.497 e. The Morgan fingerprint density at radius 2 is 1.71 bits per heavy atom. The van der Waals surface area contributed by atoms with E-state index in [1.165, 1.54) is 6.26 Å². The second kappa shape index (κ2) is 7.15. The van der Waals surface area contributed by atoms with Gasteiger partial charge in [-0.2, -0.15) is 0 Å². The Morgan fingerprint density at radius 1 is 1.00 bits per heavy atom. The van der Waals surface area contributed by atoms with E-state index >= 15 is 0 Å². The quantitative estimate of drug-likeness (QED) is 0.704. The molecule has 0 aliphatic carbocycles. The third kappa shape index (κ3) is 3.24. The molecule has 3 rings (SSSR count). The molecule has 3 aromatic rings. The van der Waals surface area contributed by atoms with Crippen LogP contribution >= 0.6 is 0 Å². The molecule has 2 aromatic carbocycles. The number of aliphatic hydroxyl groups is 1. The predicted molar refractivity (Wildman–Crippen MR) is 90.3 cm³/mol. The standard InChI is InChI=1S/C20H18O4/c1-23-16-11-9-14(10-12-16)18(17-8-5-13-24-17)20(22)19(21)15-6-3-2-4-7-15/h2-13,18,20,22H,1H3/t18-,20-/m0/s1. The lowest BCUT2D eigenvalue weighted by molar-refractivity contribution is 0.0700. The minimum atomic E-state index is -1.24. The summed E-state index contributed by atoms with van der Waals surface area (Å²) in [6.45, 7) is 0. The number of ether oxygens (including phenoxy) is 1. The van der Waals surface area contributed by atoms with Crippen LogP contribution in [0.4, 0.5) is 0 Å². The number of methoxy groups -OCH3 is 1. The van der Waals surface area contributed by atoms with Gasteiger partial charge in [-0.15, -0.1) is 0 Å². The van der Waals surface area contributed by atoms with Gasteiger partial charge in [-0.3, -0.25) is 4.79 Å². The molecule has 122 valence electrons. The first-order chi connectivity index (χ1) is 11.7. The fourth-order valence-electron chi connectivity index (χ4n) is 2.71. The van der Waals surface area contributed by atoms with E-state index in [0.29, 0.717) is 17.1 Å². The van der Waals surface area contributed by atoms with Crippen LogP contribution in [0.5, 0.6) is 5.75 Å². The summed E-state index contributed by atoms with van der Waals surface area (Å²) in [5, 5.41) is 10.7. The molecule has 0 spiro atoms. The molecular formula is C20H18O4. The lowest BCUT2D eigenvalue weighted by atomic mass is 9.87. The number of aliphatic hydroxyl groups excluding tert-OH is 1. The molecule has 0 saturated carbocycles. The molecule has 1 N–H and O–H groups in total. The Bertz CT molecular complexity index is 776. The van der Waals surface area contributed by atoms with Crippen LogP contribution in [-0.2, 0) is 0 Å². The number of carbonyl (C=O) groups excluding carboxylic acids is 1. The maximum atomic E-state index is 12.7. The van der Waals surface area contributed by atoms with Crippen molar-refractivity contribution in [3.63, 3.8) is 0 Å². The average molecular weight is 322 g/mol. The number of rotatable bonds is 6. The van der Waals surface area contributed by atoms with Crippen LogP contribution in [0, 0.1) is 0 Å². The second-order valence-electron chi connectivity index (χ2n) is 5.44. The van der Waals surface area contributed by atoms with Crippen LogP contribution in [0.2, 0.25) is 0 Å². The molecule has 0 aliphatic heterocycles. The summed E-state index contributed by atoms with van der Waals surface area (Å²) in [6.07, 6.45) is 0.290. The Hall–Kier alpha value is -2.85. The molecule has 0 fully saturated rings. The number of furan rings is 1. The highest BCUT2D eigenvalue weighted by molar-refractivity contribution is 6.00. The SMILES string of the molecule is COc1ccc([C@@H](c2ccco2)[C@H](O)C(=O)c2ccccc2)cc1. The average Bonchev–Trinajstić information content (AvgIpc) is 3.16. The molecular weight excluding hydrogens is 304 g/mol. The van der Waals surface area contributed by atoms with Crippen molar-refractivity contribution in [3.8, 4) is 5.75 Å². The number of Topliss-reactive ketones (excluding diaryl/α,β-unsaturated/α-hetero) is 1. The van der Waals surface area contributed by atoms with Gasteiger partial charge in [-0.1, -0.05) is 42.5 Å². The van der Waals surface area contributed by atoms with Gasteiger partial charge < -0.3 is 14.3 Å². The smallest absolute Gasteiger partial charge is 0.192 e. The topological polar surface area (TPSA) is 59.7 Å². The van der Waals surface area contributed by atoms with Gasteiger partial charge in [0.15, 0.2) is 5.78 Å². The van der Waals surface area contributed by atoms with Gasteiger partial charge >= 0.3 is 0 Å². The van der Waals surface area contributed by atoms with Crippen LogP contribution in [-0.4, -0.2) is 24.1 Å². The van der Waals surface area contributed by atoms with E-state index in [4.69, 9.17) is 9.15 Å². The summed E-state index contributed by atoms with van der Waals surface area (Å²) in [5.74, 6) is 0.323. The van der Waals surface area contributed by atoms with Crippen molar-refractivity contribution in [2.45, 2.75) is 12.0 Å². The lowest BCUT2D eigenvalue weighted by Gasteiger charge is -2.21. The molecule has 2 atom stereocenters. The maximum absolute atomic E-state index is 12.7. The molecule has 1 heterocycles. The number of benzene rings is 2. The van der Waals surface area contributed by atoms with Crippen molar-refractivity contribution < 1.29 is 19.1 Å². The van der Waals surface area contributed by atoms with Crippen molar-refractivity contribution in [3.05, 3.63) is 89.9 Å². The summed E-state index contributed by atoms with van der Waals surface area (Å²) < 4.78 is 10.6. The highest BCUT2D eigenvalue weighted by atomic mass is 16.5. The maximum Gasteiger partial charge on any atom is 0.192 e. The van der Waals surface area contributed by atoms with E-state index in [2.05, 4.69) is 0 Å². The molecule has 0 amide bonds. The molecule has 0 unspecified atom stereocenters.